The number of fused-ring (bicyclic) bond motifs is 1. The number of carbonyl (C=O) groups is 1. The average Bonchev–Trinajstić information content (AvgIpc) is 3.22. The van der Waals surface area contributed by atoms with Crippen molar-refractivity contribution in [1.82, 2.24) is 4.57 Å². The van der Waals surface area contributed by atoms with Gasteiger partial charge < -0.3 is 19.1 Å². The molecule has 37 heavy (non-hydrogen) atoms. The summed E-state index contributed by atoms with van der Waals surface area (Å²) in [5.74, 6) is 0.365. The van der Waals surface area contributed by atoms with Crippen LogP contribution in [0.15, 0.2) is 47.1 Å². The van der Waals surface area contributed by atoms with Crippen LogP contribution in [0.5, 0.6) is 5.75 Å². The van der Waals surface area contributed by atoms with Crippen LogP contribution in [0.2, 0.25) is 0 Å². The van der Waals surface area contributed by atoms with Gasteiger partial charge in [0.25, 0.3) is 0 Å². The van der Waals surface area contributed by atoms with Crippen LogP contribution in [0, 0.1) is 22.7 Å². The monoisotopic (exact) mass is 591 g/mol. The summed E-state index contributed by atoms with van der Waals surface area (Å²) in [6, 6.07) is 14.7. The Balaban J connectivity index is 0.00000481. The Morgan fingerprint density at radius 3 is 2.57 bits per heavy atom. The van der Waals surface area contributed by atoms with E-state index >= 15 is 0 Å². The first-order chi connectivity index (χ1) is 17.2. The van der Waals surface area contributed by atoms with Gasteiger partial charge in [-0.1, -0.05) is 28.8 Å². The Labute approximate surface area is 246 Å². The van der Waals surface area contributed by atoms with Crippen LogP contribution >= 0.6 is 23.5 Å². The molecule has 3 aromatic rings. The summed E-state index contributed by atoms with van der Waals surface area (Å²) in [7, 11) is -2.73. The minimum Gasteiger partial charge on any atom is -0.779 e. The average molecular weight is 592 g/mol. The summed E-state index contributed by atoms with van der Waals surface area (Å²) in [4.78, 5) is 32.7. The molecule has 0 saturated carbocycles. The first-order valence-corrected chi connectivity index (χ1v) is 13.8. The minimum absolute atomic E-state index is 0. The molecule has 1 N–H and O–H groups in total. The van der Waals surface area contributed by atoms with Crippen molar-refractivity contribution in [3.63, 3.8) is 0 Å². The molecule has 0 fully saturated rings. The molecular formula is C26H24BrN3NaO5P. The molecule has 0 saturated heterocycles. The van der Waals surface area contributed by atoms with Crippen molar-refractivity contribution in [2.45, 2.75) is 32.1 Å². The molecule has 3 rings (SSSR count). The standard InChI is InChI=1S/C26H25BrN3O5P.Na/c1-35-25-10-7-18(15-28)12-19(25)13-20(16-29)23-17-30(24-9-8-21(27)14-22(23)24)26(31)6-4-2-3-5-11-36(32,33)34;/h7-10,12-14,17H,2-6,11H2,1H3,(H2,32,33,34);/q;+1/p-1/b20-13+;. The fourth-order valence-electron chi connectivity index (χ4n) is 3.93. The van der Waals surface area contributed by atoms with Gasteiger partial charge in [-0.15, -0.1) is 0 Å². The summed E-state index contributed by atoms with van der Waals surface area (Å²) < 4.78 is 18.6. The van der Waals surface area contributed by atoms with Crippen LogP contribution in [0.4, 0.5) is 0 Å². The fourth-order valence-corrected chi connectivity index (χ4v) is 4.91. The zero-order valence-corrected chi connectivity index (χ0v) is 25.1. The first kappa shape index (κ1) is 31.0. The summed E-state index contributed by atoms with van der Waals surface area (Å²) in [6.45, 7) is 0. The first-order valence-electron chi connectivity index (χ1n) is 11.2. The molecule has 0 bridgehead atoms. The number of methoxy groups -OCH3 is 1. The van der Waals surface area contributed by atoms with E-state index in [2.05, 4.69) is 28.1 Å². The van der Waals surface area contributed by atoms with E-state index in [1.807, 2.05) is 12.1 Å². The van der Waals surface area contributed by atoms with Crippen molar-refractivity contribution >= 4 is 52.0 Å². The van der Waals surface area contributed by atoms with E-state index in [0.29, 0.717) is 59.2 Å². The van der Waals surface area contributed by atoms with E-state index < -0.39 is 7.60 Å². The molecule has 0 aliphatic carbocycles. The predicted octanol–water partition coefficient (Wildman–Crippen LogP) is 2.49. The number of ether oxygens (including phenoxy) is 1. The third-order valence-corrected chi connectivity index (χ3v) is 7.06. The van der Waals surface area contributed by atoms with Gasteiger partial charge in [0.2, 0.25) is 5.91 Å². The maximum atomic E-state index is 13.1. The second-order valence-corrected chi connectivity index (χ2v) is 10.9. The molecular weight excluding hydrogens is 568 g/mol. The number of halogens is 1. The minimum atomic E-state index is -4.24. The number of hydrogen-bond acceptors (Lipinski definition) is 6. The topological polar surface area (TPSA) is 139 Å². The van der Waals surface area contributed by atoms with Crippen molar-refractivity contribution in [2.24, 2.45) is 0 Å². The van der Waals surface area contributed by atoms with Crippen LogP contribution in [-0.4, -0.2) is 28.6 Å². The molecule has 1 heterocycles. The molecule has 0 spiro atoms. The number of hydrogen-bond donors (Lipinski definition) is 1. The van der Waals surface area contributed by atoms with Crippen molar-refractivity contribution in [3.05, 3.63) is 63.8 Å². The van der Waals surface area contributed by atoms with E-state index in [4.69, 9.17) is 9.63 Å². The van der Waals surface area contributed by atoms with Crippen molar-refractivity contribution < 1.29 is 53.4 Å². The molecule has 8 nitrogen and oxygen atoms in total. The molecule has 0 aliphatic heterocycles. The maximum Gasteiger partial charge on any atom is 1.00 e. The molecule has 2 aromatic carbocycles. The summed E-state index contributed by atoms with van der Waals surface area (Å²) >= 11 is 3.46. The third-order valence-electron chi connectivity index (χ3n) is 5.69. The van der Waals surface area contributed by atoms with Gasteiger partial charge >= 0.3 is 29.6 Å². The summed E-state index contributed by atoms with van der Waals surface area (Å²) in [5.41, 5.74) is 2.53. The number of nitriles is 2. The molecule has 0 radical (unpaired) electrons. The Bertz CT molecular complexity index is 1450. The molecule has 0 amide bonds. The van der Waals surface area contributed by atoms with E-state index in [1.165, 1.54) is 11.7 Å². The molecule has 1 atom stereocenters. The number of aromatic nitrogens is 1. The van der Waals surface area contributed by atoms with Crippen LogP contribution in [0.1, 0.15) is 53.6 Å². The smallest absolute Gasteiger partial charge is 0.779 e. The second kappa shape index (κ2) is 14.1. The van der Waals surface area contributed by atoms with Gasteiger partial charge in [0.15, 0.2) is 0 Å². The van der Waals surface area contributed by atoms with Gasteiger partial charge in [-0.05, 0) is 55.3 Å². The number of unbranched alkanes of at least 4 members (excludes halogenated alkanes) is 3. The Kier molecular flexibility index (Phi) is 11.8. The SMILES string of the molecule is COc1ccc(C#N)cc1/C=C(\C#N)c1cn(C(=O)CCCCCCP(=O)([O-])O)c2ccc(Br)cc12.[Na+]. The van der Waals surface area contributed by atoms with Crippen LogP contribution in [0.25, 0.3) is 22.6 Å². The number of allylic oxidation sites excluding steroid dienone is 1. The van der Waals surface area contributed by atoms with Gasteiger partial charge in [-0.3, -0.25) is 9.36 Å². The van der Waals surface area contributed by atoms with Crippen molar-refractivity contribution in [3.8, 4) is 17.9 Å². The number of benzene rings is 2. The van der Waals surface area contributed by atoms with Gasteiger partial charge in [0.05, 0.1) is 35.9 Å². The maximum absolute atomic E-state index is 13.1. The molecule has 186 valence electrons. The third kappa shape index (κ3) is 8.40. The summed E-state index contributed by atoms with van der Waals surface area (Å²) in [5, 5.41) is 20.0. The summed E-state index contributed by atoms with van der Waals surface area (Å²) in [6.07, 6.45) is 5.44. The van der Waals surface area contributed by atoms with Crippen molar-refractivity contribution in [2.75, 3.05) is 13.3 Å². The van der Waals surface area contributed by atoms with Gasteiger partial charge in [0.1, 0.15) is 13.3 Å². The quantitative estimate of drug-likeness (QED) is 0.165. The normalized spacial score (nSPS) is 12.8. The fraction of sp³-hybridized carbons (Fsp3) is 0.269. The zero-order valence-electron chi connectivity index (χ0n) is 20.6. The molecule has 11 heteroatoms. The Morgan fingerprint density at radius 1 is 1.19 bits per heavy atom. The molecule has 1 unspecified atom stereocenters. The zero-order chi connectivity index (χ0) is 26.3. The van der Waals surface area contributed by atoms with E-state index in [0.717, 1.165) is 9.86 Å². The number of nitrogens with zero attached hydrogens (tertiary/aromatic N) is 3. The van der Waals surface area contributed by atoms with E-state index in [1.54, 1.807) is 36.5 Å². The molecule has 0 aliphatic rings. The second-order valence-electron chi connectivity index (χ2n) is 8.23. The largest absolute Gasteiger partial charge is 1.00 e. The Morgan fingerprint density at radius 2 is 1.92 bits per heavy atom. The van der Waals surface area contributed by atoms with E-state index in [9.17, 15) is 24.8 Å². The number of rotatable bonds is 10. The van der Waals surface area contributed by atoms with Crippen LogP contribution in [-0.2, 0) is 4.57 Å². The van der Waals surface area contributed by atoms with Crippen LogP contribution in [0.3, 0.4) is 0 Å². The molecule has 1 aromatic heterocycles. The predicted molar refractivity (Wildman–Crippen MR) is 139 cm³/mol. The van der Waals surface area contributed by atoms with Gasteiger partial charge in [-0.25, -0.2) is 0 Å². The number of carbonyl (C=O) groups excluding carboxylic acids is 1. The van der Waals surface area contributed by atoms with Crippen LogP contribution < -0.4 is 39.2 Å². The van der Waals surface area contributed by atoms with E-state index in [-0.39, 0.29) is 48.0 Å². The van der Waals surface area contributed by atoms with Crippen molar-refractivity contribution in [1.29, 1.82) is 10.5 Å². The van der Waals surface area contributed by atoms with Gasteiger partial charge in [-0.2, -0.15) is 10.5 Å². The Hall–Kier alpha value is -2.20. The van der Waals surface area contributed by atoms with Gasteiger partial charge in [0, 0.05) is 39.8 Å².